The van der Waals surface area contributed by atoms with Crippen molar-refractivity contribution < 1.29 is 9.90 Å². The van der Waals surface area contributed by atoms with E-state index < -0.39 is 5.97 Å². The van der Waals surface area contributed by atoms with E-state index in [9.17, 15) is 14.7 Å². The lowest BCUT2D eigenvalue weighted by atomic mass is 10.1. The van der Waals surface area contributed by atoms with Crippen LogP contribution in [0, 0.1) is 6.92 Å². The molecule has 1 aliphatic heterocycles. The van der Waals surface area contributed by atoms with Gasteiger partial charge in [0, 0.05) is 36.3 Å². The topological polar surface area (TPSA) is 104 Å². The maximum Gasteiger partial charge on any atom is 0.346 e. The molecular weight excluding hydrogens is 422 g/mol. The number of rotatable bonds is 6. The van der Waals surface area contributed by atoms with Gasteiger partial charge in [-0.15, -0.1) is 21.5 Å². The first kappa shape index (κ1) is 19.6. The number of aromatic carboxylic acids is 1. The molecular formula is C20H23N5O3S2. The van der Waals surface area contributed by atoms with Gasteiger partial charge in [0.05, 0.1) is 0 Å². The number of pyridine rings is 1. The Morgan fingerprint density at radius 3 is 2.77 bits per heavy atom. The molecule has 4 heterocycles. The van der Waals surface area contributed by atoms with Crippen LogP contribution in [0.3, 0.4) is 0 Å². The Hall–Kier alpha value is -2.33. The van der Waals surface area contributed by atoms with Crippen LogP contribution < -0.4 is 10.5 Å². The Labute approximate surface area is 181 Å². The number of aromatic nitrogens is 4. The van der Waals surface area contributed by atoms with Crippen LogP contribution in [0.5, 0.6) is 0 Å². The van der Waals surface area contributed by atoms with E-state index in [1.165, 1.54) is 19.3 Å². The van der Waals surface area contributed by atoms with Crippen LogP contribution in [0.25, 0.3) is 10.2 Å². The van der Waals surface area contributed by atoms with Crippen molar-refractivity contribution in [2.24, 2.45) is 0 Å². The zero-order valence-electron chi connectivity index (χ0n) is 16.7. The molecule has 2 aliphatic rings. The number of fused-ring (bicyclic) bond motifs is 1. The number of hydrogen-bond acceptors (Lipinski definition) is 7. The molecule has 3 aromatic rings. The van der Waals surface area contributed by atoms with Gasteiger partial charge in [-0.05, 0) is 50.2 Å². The fraction of sp³-hybridized carbons (Fsp3) is 0.500. The van der Waals surface area contributed by atoms with Crippen LogP contribution in [0.4, 0.5) is 5.95 Å². The third-order valence-electron chi connectivity index (χ3n) is 5.76. The molecule has 0 amide bonds. The number of aryl methyl sites for hydroxylation is 1. The lowest BCUT2D eigenvalue weighted by molar-refractivity contribution is 0.0701. The van der Waals surface area contributed by atoms with Crippen molar-refractivity contribution in [2.45, 2.75) is 56.0 Å². The number of aromatic amines is 1. The van der Waals surface area contributed by atoms with E-state index in [0.717, 1.165) is 59.3 Å². The second kappa shape index (κ2) is 7.73. The number of hydrogen-bond donors (Lipinski definition) is 2. The van der Waals surface area contributed by atoms with E-state index in [4.69, 9.17) is 0 Å². The Kier molecular flexibility index (Phi) is 5.06. The maximum atomic E-state index is 12.2. The zero-order chi connectivity index (χ0) is 20.8. The molecule has 0 atom stereocenters. The Morgan fingerprint density at radius 2 is 2.07 bits per heavy atom. The molecule has 2 fully saturated rings. The highest BCUT2D eigenvalue weighted by molar-refractivity contribution is 7.98. The summed E-state index contributed by atoms with van der Waals surface area (Å²) in [6.45, 7) is 3.85. The number of nitrogens with one attached hydrogen (secondary N) is 1. The van der Waals surface area contributed by atoms with Crippen LogP contribution >= 0.6 is 23.1 Å². The zero-order valence-corrected chi connectivity index (χ0v) is 18.3. The Morgan fingerprint density at radius 1 is 1.30 bits per heavy atom. The summed E-state index contributed by atoms with van der Waals surface area (Å²) in [5, 5.41) is 20.2. The van der Waals surface area contributed by atoms with Crippen LogP contribution in [-0.2, 0) is 5.75 Å². The van der Waals surface area contributed by atoms with E-state index >= 15 is 0 Å². The van der Waals surface area contributed by atoms with Crippen LogP contribution in [0.15, 0.2) is 16.0 Å². The van der Waals surface area contributed by atoms with Gasteiger partial charge < -0.3 is 15.0 Å². The summed E-state index contributed by atoms with van der Waals surface area (Å²) >= 11 is 2.69. The third kappa shape index (κ3) is 3.51. The number of carboxylic acids is 1. The van der Waals surface area contributed by atoms with E-state index in [0.29, 0.717) is 22.2 Å². The van der Waals surface area contributed by atoms with Gasteiger partial charge in [0.15, 0.2) is 5.16 Å². The summed E-state index contributed by atoms with van der Waals surface area (Å²) in [6, 6.07) is 2.03. The van der Waals surface area contributed by atoms with Crippen LogP contribution in [0.1, 0.15) is 58.9 Å². The maximum absolute atomic E-state index is 12.2. The second-order valence-electron chi connectivity index (χ2n) is 7.94. The minimum Gasteiger partial charge on any atom is -0.477 e. The molecule has 8 nitrogen and oxygen atoms in total. The number of nitrogens with zero attached hydrogens (tertiary/aromatic N) is 4. The molecule has 1 aliphatic carbocycles. The molecule has 0 bridgehead atoms. The summed E-state index contributed by atoms with van der Waals surface area (Å²) in [5.74, 6) is 0.547. The first-order valence-electron chi connectivity index (χ1n) is 10.2. The third-order valence-corrected chi connectivity index (χ3v) is 7.95. The Balaban J connectivity index is 1.47. The normalized spacial score (nSPS) is 17.0. The number of H-pyrrole nitrogens is 1. The summed E-state index contributed by atoms with van der Waals surface area (Å²) in [4.78, 5) is 29.7. The van der Waals surface area contributed by atoms with Crippen molar-refractivity contribution in [1.82, 2.24) is 19.7 Å². The molecule has 1 saturated heterocycles. The fourth-order valence-electron chi connectivity index (χ4n) is 4.16. The predicted molar refractivity (Wildman–Crippen MR) is 118 cm³/mol. The number of thioether (sulfide) groups is 1. The first-order chi connectivity index (χ1) is 14.5. The molecule has 0 spiro atoms. The first-order valence-corrected chi connectivity index (χ1v) is 12.0. The minimum atomic E-state index is -0.965. The molecule has 0 unspecified atom stereocenters. The van der Waals surface area contributed by atoms with Gasteiger partial charge in [0.1, 0.15) is 9.71 Å². The molecule has 10 heteroatoms. The fourth-order valence-corrected chi connectivity index (χ4v) is 6.22. The molecule has 1 saturated carbocycles. The molecule has 158 valence electrons. The number of anilines is 1. The molecule has 3 aromatic heterocycles. The molecule has 2 N–H and O–H groups in total. The van der Waals surface area contributed by atoms with Crippen molar-refractivity contribution in [2.75, 3.05) is 18.0 Å². The van der Waals surface area contributed by atoms with Crippen molar-refractivity contribution in [3.05, 3.63) is 32.4 Å². The average Bonchev–Trinajstić information content (AvgIpc) is 3.39. The average molecular weight is 446 g/mol. The molecule has 30 heavy (non-hydrogen) atoms. The largest absolute Gasteiger partial charge is 0.477 e. The Bertz CT molecular complexity index is 1170. The number of thiophene rings is 1. The highest BCUT2D eigenvalue weighted by Gasteiger charge is 2.32. The van der Waals surface area contributed by atoms with Crippen molar-refractivity contribution in [3.63, 3.8) is 0 Å². The molecule has 0 radical (unpaired) electrons. The van der Waals surface area contributed by atoms with Crippen LogP contribution in [-0.4, -0.2) is 43.9 Å². The van der Waals surface area contributed by atoms with Crippen LogP contribution in [0.2, 0.25) is 0 Å². The second-order valence-corrected chi connectivity index (χ2v) is 9.91. The van der Waals surface area contributed by atoms with Gasteiger partial charge in [-0.25, -0.2) is 4.79 Å². The SMILES string of the molecule is Cc1c(C(=O)O)sc2[nH]c(=O)cc(CSc3nnc(N4CCCCC4)n3C3CC3)c12. The van der Waals surface area contributed by atoms with Gasteiger partial charge in [0.2, 0.25) is 11.5 Å². The lowest BCUT2D eigenvalue weighted by Crippen LogP contribution is -2.31. The van der Waals surface area contributed by atoms with Gasteiger partial charge in [-0.2, -0.15) is 0 Å². The summed E-state index contributed by atoms with van der Waals surface area (Å²) in [5.41, 5.74) is 1.32. The van der Waals surface area contributed by atoms with Crippen molar-refractivity contribution in [1.29, 1.82) is 0 Å². The van der Waals surface area contributed by atoms with Crippen molar-refractivity contribution >= 4 is 45.2 Å². The summed E-state index contributed by atoms with van der Waals surface area (Å²) in [6.07, 6.45) is 5.94. The minimum absolute atomic E-state index is 0.214. The van der Waals surface area contributed by atoms with Crippen molar-refractivity contribution in [3.8, 4) is 0 Å². The number of carboxylic acid groups (broad SMARTS) is 1. The highest BCUT2D eigenvalue weighted by Crippen LogP contribution is 2.42. The van der Waals surface area contributed by atoms with Gasteiger partial charge in [-0.1, -0.05) is 11.8 Å². The smallest absolute Gasteiger partial charge is 0.346 e. The van der Waals surface area contributed by atoms with Gasteiger partial charge in [-0.3, -0.25) is 9.36 Å². The number of piperidine rings is 1. The van der Waals surface area contributed by atoms with E-state index in [1.807, 2.05) is 0 Å². The number of carbonyl (C=O) groups is 1. The lowest BCUT2D eigenvalue weighted by Gasteiger charge is -2.27. The highest BCUT2D eigenvalue weighted by atomic mass is 32.2. The summed E-state index contributed by atoms with van der Waals surface area (Å²) < 4.78 is 2.27. The standard InChI is InChI=1S/C20H23N5O3S2/c1-11-15-12(9-14(26)21-17(15)30-16(11)18(27)28)10-29-20-23-22-19(25(20)13-5-6-13)24-7-3-2-4-8-24/h9,13H,2-8,10H2,1H3,(H,21,26)(H,27,28). The van der Waals surface area contributed by atoms with E-state index in [-0.39, 0.29) is 10.4 Å². The van der Waals surface area contributed by atoms with E-state index in [2.05, 4.69) is 24.6 Å². The van der Waals surface area contributed by atoms with Gasteiger partial charge in [0.25, 0.3) is 0 Å². The van der Waals surface area contributed by atoms with E-state index in [1.54, 1.807) is 24.8 Å². The molecule has 5 rings (SSSR count). The molecule has 0 aromatic carbocycles. The predicted octanol–water partition coefficient (Wildman–Crippen LogP) is 3.81. The quantitative estimate of drug-likeness (QED) is 0.556. The monoisotopic (exact) mass is 445 g/mol. The summed E-state index contributed by atoms with van der Waals surface area (Å²) in [7, 11) is 0. The van der Waals surface area contributed by atoms with Gasteiger partial charge >= 0.3 is 5.97 Å².